The normalized spacial score (nSPS) is 20.3. The number of benzene rings is 2. The Morgan fingerprint density at radius 3 is 2.65 bits per heavy atom. The van der Waals surface area contributed by atoms with Crippen molar-refractivity contribution in [3.05, 3.63) is 53.4 Å². The summed E-state index contributed by atoms with van der Waals surface area (Å²) >= 11 is 6.57. The van der Waals surface area contributed by atoms with Crippen LogP contribution in [0.15, 0.2) is 42.6 Å². The van der Waals surface area contributed by atoms with E-state index in [-0.39, 0.29) is 29.3 Å². The van der Waals surface area contributed by atoms with E-state index in [1.165, 1.54) is 0 Å². The summed E-state index contributed by atoms with van der Waals surface area (Å²) in [5, 5.41) is 12.0. The number of piperazine rings is 1. The van der Waals surface area contributed by atoms with E-state index in [4.69, 9.17) is 21.3 Å². The Hall–Kier alpha value is -3.58. The van der Waals surface area contributed by atoms with Crippen LogP contribution < -0.4 is 9.64 Å². The smallest absolute Gasteiger partial charge is 0.319 e. The number of pyridine rings is 1. The van der Waals surface area contributed by atoms with Gasteiger partial charge in [-0.25, -0.2) is 4.39 Å². The lowest BCUT2D eigenvalue weighted by Crippen LogP contribution is -2.51. The number of ether oxygens (including phenoxy) is 1. The first kappa shape index (κ1) is 26.6. The van der Waals surface area contributed by atoms with Gasteiger partial charge < -0.3 is 14.5 Å². The van der Waals surface area contributed by atoms with Crippen LogP contribution in [0.25, 0.3) is 32.9 Å². The molecule has 0 unspecified atom stereocenters. The van der Waals surface area contributed by atoms with E-state index in [1.54, 1.807) is 12.3 Å². The van der Waals surface area contributed by atoms with Gasteiger partial charge in [0.2, 0.25) is 0 Å². The third-order valence-electron chi connectivity index (χ3n) is 8.23. The van der Waals surface area contributed by atoms with Crippen LogP contribution in [0.2, 0.25) is 5.02 Å². The average Bonchev–Trinajstić information content (AvgIpc) is 3.37. The van der Waals surface area contributed by atoms with Gasteiger partial charge in [0, 0.05) is 53.9 Å². The number of rotatable bonds is 6. The molecule has 0 aliphatic carbocycles. The molecule has 4 aromatic rings. The molecule has 2 aromatic carbocycles. The lowest BCUT2D eigenvalue weighted by molar-refractivity contribution is 0.188. The minimum Gasteiger partial charge on any atom is -0.462 e. The number of aromatic nitrogens is 3. The third-order valence-corrected chi connectivity index (χ3v) is 8.55. The summed E-state index contributed by atoms with van der Waals surface area (Å²) in [6, 6.07) is 14.0. The lowest BCUT2D eigenvalue weighted by Gasteiger charge is -2.39. The summed E-state index contributed by atoms with van der Waals surface area (Å²) in [6.45, 7) is 3.47. The van der Waals surface area contributed by atoms with Crippen molar-refractivity contribution in [2.75, 3.05) is 51.8 Å². The molecular formula is C30H31ClFN7O. The number of anilines is 1. The van der Waals surface area contributed by atoms with Crippen LogP contribution >= 0.6 is 11.6 Å². The van der Waals surface area contributed by atoms with E-state index in [0.717, 1.165) is 36.7 Å². The maximum atomic E-state index is 16.5. The molecule has 0 N–H and O–H groups in total. The SMILES string of the molecule is CN1CCC[C@@H]1COc1nc(N2CCN(C)[C@@H](CC#N)C2)c2cnc(-c3cccc4cccc(Cl)c34)c(F)c2n1. The molecule has 0 radical (unpaired) electrons. The van der Waals surface area contributed by atoms with Crippen molar-refractivity contribution in [1.82, 2.24) is 24.8 Å². The molecule has 2 aliphatic heterocycles. The molecule has 206 valence electrons. The number of likely N-dealkylation sites (tertiary alicyclic amines) is 1. The second-order valence-electron chi connectivity index (χ2n) is 10.7. The van der Waals surface area contributed by atoms with Crippen molar-refractivity contribution in [3.8, 4) is 23.3 Å². The fourth-order valence-corrected chi connectivity index (χ4v) is 6.12. The number of nitriles is 1. The molecule has 6 rings (SSSR count). The van der Waals surface area contributed by atoms with Gasteiger partial charge in [-0.1, -0.05) is 41.9 Å². The highest BCUT2D eigenvalue weighted by Gasteiger charge is 2.29. The van der Waals surface area contributed by atoms with Gasteiger partial charge in [-0.3, -0.25) is 9.88 Å². The third kappa shape index (κ3) is 4.92. The van der Waals surface area contributed by atoms with E-state index in [2.05, 4.69) is 37.8 Å². The number of hydrogen-bond donors (Lipinski definition) is 0. The maximum Gasteiger partial charge on any atom is 0.319 e. The van der Waals surface area contributed by atoms with Crippen molar-refractivity contribution in [3.63, 3.8) is 0 Å². The molecule has 2 saturated heterocycles. The van der Waals surface area contributed by atoms with Crippen LogP contribution in [-0.2, 0) is 0 Å². The van der Waals surface area contributed by atoms with Crippen LogP contribution in [-0.4, -0.2) is 83.7 Å². The maximum absolute atomic E-state index is 16.5. The summed E-state index contributed by atoms with van der Waals surface area (Å²) < 4.78 is 22.6. The fraction of sp³-hybridized carbons (Fsp3) is 0.400. The van der Waals surface area contributed by atoms with Crippen LogP contribution in [0.1, 0.15) is 19.3 Å². The van der Waals surface area contributed by atoms with E-state index in [0.29, 0.717) is 47.9 Å². The molecular weight excluding hydrogens is 529 g/mol. The summed E-state index contributed by atoms with van der Waals surface area (Å²) in [6.07, 6.45) is 4.19. The zero-order chi connectivity index (χ0) is 27.8. The number of fused-ring (bicyclic) bond motifs is 2. The molecule has 0 spiro atoms. The Balaban J connectivity index is 1.47. The van der Waals surface area contributed by atoms with E-state index in [9.17, 15) is 5.26 Å². The number of likely N-dealkylation sites (N-methyl/N-ethyl adjacent to an activating group) is 2. The zero-order valence-corrected chi connectivity index (χ0v) is 23.4. The van der Waals surface area contributed by atoms with E-state index in [1.807, 2.05) is 37.4 Å². The van der Waals surface area contributed by atoms with Gasteiger partial charge in [-0.15, -0.1) is 0 Å². The predicted octanol–water partition coefficient (Wildman–Crippen LogP) is 5.14. The minimum atomic E-state index is -0.542. The number of hydrogen-bond acceptors (Lipinski definition) is 8. The van der Waals surface area contributed by atoms with Gasteiger partial charge in [0.1, 0.15) is 23.6 Å². The van der Waals surface area contributed by atoms with Crippen molar-refractivity contribution >= 4 is 39.1 Å². The summed E-state index contributed by atoms with van der Waals surface area (Å²) in [5.74, 6) is 0.0313. The van der Waals surface area contributed by atoms with Crippen LogP contribution in [0.4, 0.5) is 10.2 Å². The molecule has 2 atom stereocenters. The highest BCUT2D eigenvalue weighted by molar-refractivity contribution is 6.36. The number of halogens is 2. The standard InChI is InChI=1S/C30H31ClFN7O/c1-37-13-5-8-21(37)18-40-30-35-28-23(29(36-30)39-15-14-38(2)20(17-39)11-12-33)16-34-27(26(28)32)22-9-3-6-19-7-4-10-24(31)25(19)22/h3-4,6-7,9-10,16,20-21H,5,8,11,13-15,17-18H2,1-2H3/t20-,21+/m0/s1. The monoisotopic (exact) mass is 559 g/mol. The number of nitrogens with zero attached hydrogens (tertiary/aromatic N) is 7. The lowest BCUT2D eigenvalue weighted by atomic mass is 10.0. The summed E-state index contributed by atoms with van der Waals surface area (Å²) in [5.41, 5.74) is 0.939. The first-order valence-electron chi connectivity index (χ1n) is 13.6. The Labute approximate surface area is 237 Å². The Kier molecular flexibility index (Phi) is 7.41. The molecule has 8 nitrogen and oxygen atoms in total. The highest BCUT2D eigenvalue weighted by Crippen LogP contribution is 2.37. The van der Waals surface area contributed by atoms with Crippen molar-refractivity contribution < 1.29 is 9.13 Å². The quantitative estimate of drug-likeness (QED) is 0.321. The van der Waals surface area contributed by atoms with Gasteiger partial charge in [0.15, 0.2) is 5.82 Å². The van der Waals surface area contributed by atoms with Gasteiger partial charge in [-0.2, -0.15) is 15.2 Å². The van der Waals surface area contributed by atoms with Crippen molar-refractivity contribution in [2.24, 2.45) is 0 Å². The second-order valence-corrected chi connectivity index (χ2v) is 11.1. The Bertz CT molecular complexity index is 1600. The highest BCUT2D eigenvalue weighted by atomic mass is 35.5. The first-order valence-corrected chi connectivity index (χ1v) is 14.0. The molecule has 10 heteroatoms. The molecule has 2 aliphatic rings. The summed E-state index contributed by atoms with van der Waals surface area (Å²) in [4.78, 5) is 20.5. The zero-order valence-electron chi connectivity index (χ0n) is 22.6. The fourth-order valence-electron chi connectivity index (χ4n) is 5.83. The molecule has 4 heterocycles. The van der Waals surface area contributed by atoms with Crippen molar-refractivity contribution in [1.29, 1.82) is 5.26 Å². The van der Waals surface area contributed by atoms with Gasteiger partial charge >= 0.3 is 6.01 Å². The van der Waals surface area contributed by atoms with Gasteiger partial charge in [0.05, 0.1) is 17.9 Å². The summed E-state index contributed by atoms with van der Waals surface area (Å²) in [7, 11) is 4.10. The Morgan fingerprint density at radius 2 is 1.88 bits per heavy atom. The predicted molar refractivity (Wildman–Crippen MR) is 155 cm³/mol. The van der Waals surface area contributed by atoms with Crippen LogP contribution in [0, 0.1) is 17.1 Å². The second kappa shape index (κ2) is 11.1. The topological polar surface area (TPSA) is 81.4 Å². The molecule has 0 amide bonds. The van der Waals surface area contributed by atoms with Crippen molar-refractivity contribution in [2.45, 2.75) is 31.3 Å². The van der Waals surface area contributed by atoms with Gasteiger partial charge in [-0.05, 0) is 44.9 Å². The average molecular weight is 560 g/mol. The van der Waals surface area contributed by atoms with E-state index >= 15 is 4.39 Å². The van der Waals surface area contributed by atoms with Crippen LogP contribution in [0.3, 0.4) is 0 Å². The molecule has 0 saturated carbocycles. The largest absolute Gasteiger partial charge is 0.462 e. The Morgan fingerprint density at radius 1 is 1.07 bits per heavy atom. The first-order chi connectivity index (χ1) is 19.4. The molecule has 2 fully saturated rings. The van der Waals surface area contributed by atoms with E-state index < -0.39 is 5.82 Å². The van der Waals surface area contributed by atoms with Gasteiger partial charge in [0.25, 0.3) is 0 Å². The molecule has 40 heavy (non-hydrogen) atoms. The molecule has 2 aromatic heterocycles. The van der Waals surface area contributed by atoms with Crippen LogP contribution in [0.5, 0.6) is 6.01 Å². The minimum absolute atomic E-state index is 0.0372. The molecule has 0 bridgehead atoms.